The standard InChI is InChI=1S/C30H37NO4/c1-2-3-14-31-19-25-15-23-17-27(34-29(32)21-10-6-4-7-11-21)28(18-24(23)16-26(25)20-31)35-30(33)22-12-8-5-9-13-22/h4-13,23-28H,2-3,14-20H2,1H3. The van der Waals surface area contributed by atoms with Crippen LogP contribution in [0, 0.1) is 23.7 Å². The van der Waals surface area contributed by atoms with Crippen molar-refractivity contribution in [1.29, 1.82) is 0 Å². The van der Waals surface area contributed by atoms with Gasteiger partial charge in [0.05, 0.1) is 11.1 Å². The maximum Gasteiger partial charge on any atom is 0.338 e. The van der Waals surface area contributed by atoms with Crippen molar-refractivity contribution in [3.63, 3.8) is 0 Å². The van der Waals surface area contributed by atoms with Crippen LogP contribution >= 0.6 is 0 Å². The average Bonchev–Trinajstić information content (AvgIpc) is 3.29. The van der Waals surface area contributed by atoms with Crippen LogP contribution in [0.25, 0.3) is 0 Å². The van der Waals surface area contributed by atoms with Gasteiger partial charge in [0, 0.05) is 13.1 Å². The zero-order valence-electron chi connectivity index (χ0n) is 20.7. The quantitative estimate of drug-likeness (QED) is 0.488. The highest BCUT2D eigenvalue weighted by Crippen LogP contribution is 2.49. The SMILES string of the molecule is CCCCN1CC2CC3CC(OC(=O)c4ccccc4)C(OC(=O)c4ccccc4)CC3CC2C1. The summed E-state index contributed by atoms with van der Waals surface area (Å²) in [6, 6.07) is 18.2. The van der Waals surface area contributed by atoms with E-state index in [1.165, 1.54) is 45.3 Å². The maximum atomic E-state index is 12.9. The van der Waals surface area contributed by atoms with E-state index in [0.29, 0.717) is 23.0 Å². The predicted octanol–water partition coefficient (Wildman–Crippen LogP) is 5.61. The number of hydrogen-bond acceptors (Lipinski definition) is 5. The van der Waals surface area contributed by atoms with Gasteiger partial charge in [-0.3, -0.25) is 0 Å². The zero-order valence-corrected chi connectivity index (χ0v) is 20.7. The number of fused-ring (bicyclic) bond motifs is 2. The van der Waals surface area contributed by atoms with Crippen molar-refractivity contribution in [2.75, 3.05) is 19.6 Å². The Morgan fingerprint density at radius 2 is 1.17 bits per heavy atom. The molecule has 5 heteroatoms. The van der Waals surface area contributed by atoms with Crippen molar-refractivity contribution in [3.8, 4) is 0 Å². The van der Waals surface area contributed by atoms with Gasteiger partial charge in [-0.05, 0) is 86.6 Å². The third-order valence-corrected chi connectivity index (χ3v) is 8.38. The smallest absolute Gasteiger partial charge is 0.338 e. The fourth-order valence-corrected chi connectivity index (χ4v) is 6.58. The fraction of sp³-hybridized carbons (Fsp3) is 0.533. The monoisotopic (exact) mass is 475 g/mol. The molecule has 0 spiro atoms. The molecule has 186 valence electrons. The van der Waals surface area contributed by atoms with E-state index in [9.17, 15) is 9.59 Å². The van der Waals surface area contributed by atoms with E-state index >= 15 is 0 Å². The molecule has 2 saturated carbocycles. The van der Waals surface area contributed by atoms with Gasteiger partial charge in [-0.1, -0.05) is 49.7 Å². The second-order valence-corrected chi connectivity index (χ2v) is 10.7. The van der Waals surface area contributed by atoms with Gasteiger partial charge in [-0.2, -0.15) is 0 Å². The fourth-order valence-electron chi connectivity index (χ4n) is 6.58. The second kappa shape index (κ2) is 10.9. The molecule has 2 aliphatic carbocycles. The molecule has 0 amide bonds. The van der Waals surface area contributed by atoms with Crippen LogP contribution in [-0.2, 0) is 9.47 Å². The van der Waals surface area contributed by atoms with Crippen LogP contribution in [0.5, 0.6) is 0 Å². The molecule has 0 N–H and O–H groups in total. The van der Waals surface area contributed by atoms with Crippen LogP contribution < -0.4 is 0 Å². The molecule has 5 rings (SSSR count). The molecule has 3 aliphatic rings. The highest BCUT2D eigenvalue weighted by atomic mass is 16.6. The summed E-state index contributed by atoms with van der Waals surface area (Å²) in [6.07, 6.45) is 5.60. The summed E-state index contributed by atoms with van der Waals surface area (Å²) in [5.74, 6) is 1.83. The Balaban J connectivity index is 1.30. The maximum absolute atomic E-state index is 12.9. The molecule has 0 bridgehead atoms. The predicted molar refractivity (Wildman–Crippen MR) is 135 cm³/mol. The summed E-state index contributed by atoms with van der Waals surface area (Å²) in [5, 5.41) is 0. The summed E-state index contributed by atoms with van der Waals surface area (Å²) >= 11 is 0. The molecule has 1 aliphatic heterocycles. The van der Waals surface area contributed by atoms with Gasteiger partial charge in [0.25, 0.3) is 0 Å². The van der Waals surface area contributed by atoms with E-state index in [4.69, 9.17) is 9.47 Å². The Kier molecular flexibility index (Phi) is 7.52. The summed E-state index contributed by atoms with van der Waals surface area (Å²) in [4.78, 5) is 28.5. The lowest BCUT2D eigenvalue weighted by molar-refractivity contribution is -0.0871. The summed E-state index contributed by atoms with van der Waals surface area (Å²) in [6.45, 7) is 5.86. The number of benzene rings is 2. The molecule has 1 heterocycles. The minimum absolute atomic E-state index is 0.338. The Morgan fingerprint density at radius 3 is 1.60 bits per heavy atom. The van der Waals surface area contributed by atoms with Gasteiger partial charge in [-0.25, -0.2) is 9.59 Å². The lowest BCUT2D eigenvalue weighted by atomic mass is 9.63. The Hall–Kier alpha value is -2.66. The Morgan fingerprint density at radius 1 is 0.714 bits per heavy atom. The van der Waals surface area contributed by atoms with Crippen molar-refractivity contribution < 1.29 is 19.1 Å². The molecule has 5 nitrogen and oxygen atoms in total. The van der Waals surface area contributed by atoms with Crippen LogP contribution in [-0.4, -0.2) is 48.7 Å². The zero-order chi connectivity index (χ0) is 24.2. The van der Waals surface area contributed by atoms with E-state index in [2.05, 4.69) is 11.8 Å². The first-order valence-corrected chi connectivity index (χ1v) is 13.3. The van der Waals surface area contributed by atoms with Crippen molar-refractivity contribution in [1.82, 2.24) is 4.90 Å². The van der Waals surface area contributed by atoms with Gasteiger partial charge in [0.2, 0.25) is 0 Å². The number of carbonyl (C=O) groups is 2. The molecule has 6 unspecified atom stereocenters. The minimum atomic E-state index is -0.411. The normalized spacial score (nSPS) is 30.2. The molecule has 1 saturated heterocycles. The van der Waals surface area contributed by atoms with Crippen LogP contribution in [0.15, 0.2) is 60.7 Å². The van der Waals surface area contributed by atoms with E-state index in [-0.39, 0.29) is 11.9 Å². The topological polar surface area (TPSA) is 55.8 Å². The van der Waals surface area contributed by atoms with Gasteiger partial charge < -0.3 is 14.4 Å². The number of esters is 2. The Labute approximate surface area is 208 Å². The van der Waals surface area contributed by atoms with Crippen LogP contribution in [0.2, 0.25) is 0 Å². The number of nitrogens with zero attached hydrogens (tertiary/aromatic N) is 1. The molecule has 0 radical (unpaired) electrons. The van der Waals surface area contributed by atoms with Gasteiger partial charge in [-0.15, -0.1) is 0 Å². The lowest BCUT2D eigenvalue weighted by Crippen LogP contribution is -2.47. The highest BCUT2D eigenvalue weighted by molar-refractivity contribution is 5.90. The van der Waals surface area contributed by atoms with Crippen molar-refractivity contribution >= 4 is 11.9 Å². The molecular weight excluding hydrogens is 438 g/mol. The van der Waals surface area contributed by atoms with Crippen LogP contribution in [0.3, 0.4) is 0 Å². The Bertz CT molecular complexity index is 916. The average molecular weight is 476 g/mol. The first-order valence-electron chi connectivity index (χ1n) is 13.3. The largest absolute Gasteiger partial charge is 0.455 e. The minimum Gasteiger partial charge on any atom is -0.455 e. The van der Waals surface area contributed by atoms with Crippen molar-refractivity contribution in [2.24, 2.45) is 23.7 Å². The number of carbonyl (C=O) groups excluding carboxylic acids is 2. The van der Waals surface area contributed by atoms with Crippen LogP contribution in [0.4, 0.5) is 0 Å². The molecule has 6 atom stereocenters. The number of unbranched alkanes of at least 4 members (excludes halogenated alkanes) is 1. The first kappa shape index (κ1) is 24.1. The molecule has 3 fully saturated rings. The van der Waals surface area contributed by atoms with E-state index in [0.717, 1.165) is 24.7 Å². The second-order valence-electron chi connectivity index (χ2n) is 10.7. The van der Waals surface area contributed by atoms with Crippen molar-refractivity contribution in [2.45, 2.75) is 57.7 Å². The van der Waals surface area contributed by atoms with Crippen molar-refractivity contribution in [3.05, 3.63) is 71.8 Å². The summed E-state index contributed by atoms with van der Waals surface area (Å²) in [7, 11) is 0. The van der Waals surface area contributed by atoms with Crippen LogP contribution in [0.1, 0.15) is 66.2 Å². The first-order chi connectivity index (χ1) is 17.1. The molecule has 0 aromatic heterocycles. The molecule has 2 aromatic rings. The third-order valence-electron chi connectivity index (χ3n) is 8.38. The van der Waals surface area contributed by atoms with Gasteiger partial charge >= 0.3 is 11.9 Å². The highest BCUT2D eigenvalue weighted by Gasteiger charge is 2.48. The third kappa shape index (κ3) is 5.61. The summed E-state index contributed by atoms with van der Waals surface area (Å²) < 4.78 is 12.1. The van der Waals surface area contributed by atoms with Gasteiger partial charge in [0.1, 0.15) is 12.2 Å². The summed E-state index contributed by atoms with van der Waals surface area (Å²) in [5.41, 5.74) is 1.07. The molecule has 2 aromatic carbocycles. The van der Waals surface area contributed by atoms with Gasteiger partial charge in [0.15, 0.2) is 0 Å². The lowest BCUT2D eigenvalue weighted by Gasteiger charge is -2.46. The van der Waals surface area contributed by atoms with E-state index in [1.807, 2.05) is 36.4 Å². The van der Waals surface area contributed by atoms with E-state index in [1.54, 1.807) is 24.3 Å². The number of ether oxygens (including phenoxy) is 2. The molecular formula is C30H37NO4. The number of rotatable bonds is 7. The van der Waals surface area contributed by atoms with E-state index < -0.39 is 12.2 Å². The number of likely N-dealkylation sites (tertiary alicyclic amines) is 1. The number of hydrogen-bond donors (Lipinski definition) is 0. The molecule has 35 heavy (non-hydrogen) atoms.